The van der Waals surface area contributed by atoms with Gasteiger partial charge in [0.2, 0.25) is 0 Å². The van der Waals surface area contributed by atoms with Gasteiger partial charge in [-0.2, -0.15) is 5.10 Å². The molecule has 21 heavy (non-hydrogen) atoms. The Labute approximate surface area is 127 Å². The highest BCUT2D eigenvalue weighted by Crippen LogP contribution is 2.44. The fourth-order valence-corrected chi connectivity index (χ4v) is 4.56. The first-order chi connectivity index (χ1) is 10.2. The van der Waals surface area contributed by atoms with Crippen molar-refractivity contribution in [1.29, 1.82) is 0 Å². The number of nitrogens with zero attached hydrogens (tertiary/aromatic N) is 2. The van der Waals surface area contributed by atoms with Crippen LogP contribution in [0.2, 0.25) is 0 Å². The summed E-state index contributed by atoms with van der Waals surface area (Å²) in [6.07, 6.45) is 9.36. The van der Waals surface area contributed by atoms with Crippen molar-refractivity contribution in [2.24, 2.45) is 0 Å². The van der Waals surface area contributed by atoms with Gasteiger partial charge in [0.05, 0.1) is 11.9 Å². The van der Waals surface area contributed by atoms with Crippen LogP contribution in [0.15, 0.2) is 18.5 Å². The van der Waals surface area contributed by atoms with Gasteiger partial charge in [-0.3, -0.25) is 9.89 Å². The van der Waals surface area contributed by atoms with Gasteiger partial charge in [-0.1, -0.05) is 6.42 Å². The monoisotopic (exact) mass is 302 g/mol. The Morgan fingerprint density at radius 1 is 1.33 bits per heavy atom. The smallest absolute Gasteiger partial charge is 0.265 e. The predicted molar refractivity (Wildman–Crippen MR) is 83.6 cm³/mol. The van der Waals surface area contributed by atoms with Crippen molar-refractivity contribution < 1.29 is 4.79 Å². The first-order valence-electron chi connectivity index (χ1n) is 7.39. The van der Waals surface area contributed by atoms with Crippen molar-refractivity contribution >= 4 is 22.9 Å². The van der Waals surface area contributed by atoms with E-state index in [0.29, 0.717) is 0 Å². The first-order valence-corrected chi connectivity index (χ1v) is 8.21. The van der Waals surface area contributed by atoms with Crippen molar-refractivity contribution in [3.63, 3.8) is 0 Å². The van der Waals surface area contributed by atoms with Crippen LogP contribution in [0.25, 0.3) is 10.4 Å². The summed E-state index contributed by atoms with van der Waals surface area (Å²) in [5.74, 6) is 0.0738. The molecular weight excluding hydrogens is 284 g/mol. The number of hydrogen-bond donors (Lipinski definition) is 2. The molecule has 1 spiro atoms. The lowest BCUT2D eigenvalue weighted by molar-refractivity contribution is 0.0855. The van der Waals surface area contributed by atoms with Crippen LogP contribution in [-0.2, 0) is 0 Å². The molecule has 2 N–H and O–H groups in total. The molecule has 110 valence electrons. The van der Waals surface area contributed by atoms with Crippen LogP contribution in [0.4, 0.5) is 5.69 Å². The zero-order chi connectivity index (χ0) is 14.4. The number of thiophene rings is 1. The summed E-state index contributed by atoms with van der Waals surface area (Å²) in [5.41, 5.74) is 1.91. The Balaban J connectivity index is 1.77. The maximum Gasteiger partial charge on any atom is 0.265 e. The lowest BCUT2D eigenvalue weighted by Gasteiger charge is -2.48. The number of hydrogen-bond acceptors (Lipinski definition) is 4. The van der Waals surface area contributed by atoms with Crippen LogP contribution in [0.3, 0.4) is 0 Å². The quantitative estimate of drug-likeness (QED) is 0.851. The van der Waals surface area contributed by atoms with Gasteiger partial charge < -0.3 is 10.2 Å². The minimum Gasteiger partial charge on any atom is -0.350 e. The molecular formula is C15H18N4OS. The summed E-state index contributed by atoms with van der Waals surface area (Å²) >= 11 is 1.54. The topological polar surface area (TPSA) is 61.0 Å². The van der Waals surface area contributed by atoms with E-state index in [0.717, 1.165) is 33.8 Å². The second-order valence-electron chi connectivity index (χ2n) is 5.92. The van der Waals surface area contributed by atoms with Gasteiger partial charge in [0, 0.05) is 23.7 Å². The summed E-state index contributed by atoms with van der Waals surface area (Å²) in [6, 6.07) is 2.12. The molecule has 0 unspecified atom stereocenters. The standard InChI is InChI=1S/C15H18N4OS/c1-19-11-7-12(10-8-16-17-9-10)21-13(11)14(20)18-15(19)5-3-2-4-6-15/h7-9H,2-6H2,1H3,(H,16,17)(H,18,20). The van der Waals surface area contributed by atoms with Crippen molar-refractivity contribution in [2.45, 2.75) is 37.8 Å². The number of nitrogens with one attached hydrogen (secondary N) is 2. The van der Waals surface area contributed by atoms with Crippen LogP contribution < -0.4 is 10.2 Å². The zero-order valence-corrected chi connectivity index (χ0v) is 12.8. The van der Waals surface area contributed by atoms with Crippen LogP contribution in [0.1, 0.15) is 41.8 Å². The van der Waals surface area contributed by atoms with E-state index in [1.165, 1.54) is 30.6 Å². The van der Waals surface area contributed by atoms with Crippen molar-refractivity contribution in [2.75, 3.05) is 11.9 Å². The van der Waals surface area contributed by atoms with Crippen LogP contribution >= 0.6 is 11.3 Å². The maximum atomic E-state index is 12.5. The second kappa shape index (κ2) is 4.59. The van der Waals surface area contributed by atoms with E-state index in [1.54, 1.807) is 6.20 Å². The molecule has 1 fully saturated rings. The van der Waals surface area contributed by atoms with Crippen molar-refractivity contribution in [1.82, 2.24) is 15.5 Å². The number of aromatic nitrogens is 2. The SMILES string of the molecule is CN1c2cc(-c3cn[nH]c3)sc2C(=O)NC12CCCCC2. The zero-order valence-electron chi connectivity index (χ0n) is 12.0. The lowest BCUT2D eigenvalue weighted by Crippen LogP contribution is -2.63. The summed E-state index contributed by atoms with van der Waals surface area (Å²) < 4.78 is 0. The van der Waals surface area contributed by atoms with Crippen LogP contribution in [-0.4, -0.2) is 28.8 Å². The second-order valence-corrected chi connectivity index (χ2v) is 6.97. The molecule has 0 atom stereocenters. The van der Waals surface area contributed by atoms with Gasteiger partial charge in [-0.25, -0.2) is 0 Å². The van der Waals surface area contributed by atoms with Gasteiger partial charge in [-0.15, -0.1) is 11.3 Å². The maximum absolute atomic E-state index is 12.5. The molecule has 2 aromatic rings. The van der Waals surface area contributed by atoms with E-state index >= 15 is 0 Å². The fourth-order valence-electron chi connectivity index (χ4n) is 3.50. The van der Waals surface area contributed by atoms with Crippen LogP contribution in [0.5, 0.6) is 0 Å². The molecule has 2 aromatic heterocycles. The Kier molecular flexibility index (Phi) is 2.82. The molecule has 1 aliphatic heterocycles. The minimum atomic E-state index is -0.183. The van der Waals surface area contributed by atoms with E-state index in [2.05, 4.69) is 33.5 Å². The molecule has 0 radical (unpaired) electrons. The third-order valence-electron chi connectivity index (χ3n) is 4.73. The van der Waals surface area contributed by atoms with Gasteiger partial charge in [0.1, 0.15) is 10.5 Å². The number of carbonyl (C=O) groups excluding carboxylic acids is 1. The predicted octanol–water partition coefficient (Wildman–Crippen LogP) is 2.98. The number of rotatable bonds is 1. The average Bonchev–Trinajstić information content (AvgIpc) is 3.15. The average molecular weight is 302 g/mol. The lowest BCUT2D eigenvalue weighted by atomic mass is 9.86. The highest BCUT2D eigenvalue weighted by Gasteiger charge is 2.43. The van der Waals surface area contributed by atoms with Gasteiger partial charge in [0.15, 0.2) is 0 Å². The normalized spacial score (nSPS) is 20.4. The molecule has 0 aromatic carbocycles. The highest BCUT2D eigenvalue weighted by molar-refractivity contribution is 7.18. The third kappa shape index (κ3) is 1.89. The van der Waals surface area contributed by atoms with E-state index in [-0.39, 0.29) is 11.6 Å². The van der Waals surface area contributed by atoms with Gasteiger partial charge in [0.25, 0.3) is 5.91 Å². The number of anilines is 1. The molecule has 3 heterocycles. The number of H-pyrrole nitrogens is 1. The first kappa shape index (κ1) is 12.9. The number of carbonyl (C=O) groups is 1. The molecule has 1 aliphatic carbocycles. The van der Waals surface area contributed by atoms with E-state index in [4.69, 9.17) is 0 Å². The van der Waals surface area contributed by atoms with Gasteiger partial charge >= 0.3 is 0 Å². The molecule has 1 saturated carbocycles. The fraction of sp³-hybridized carbons (Fsp3) is 0.467. The molecule has 1 amide bonds. The van der Waals surface area contributed by atoms with Crippen molar-refractivity contribution in [3.05, 3.63) is 23.3 Å². The summed E-state index contributed by atoms with van der Waals surface area (Å²) in [6.45, 7) is 0. The van der Waals surface area contributed by atoms with E-state index in [9.17, 15) is 4.79 Å². The molecule has 0 saturated heterocycles. The molecule has 6 heteroatoms. The Hall–Kier alpha value is -1.82. The molecule has 5 nitrogen and oxygen atoms in total. The van der Waals surface area contributed by atoms with Gasteiger partial charge in [-0.05, 0) is 31.7 Å². The Bertz CT molecular complexity index is 670. The Morgan fingerprint density at radius 2 is 2.14 bits per heavy atom. The molecule has 4 rings (SSSR count). The van der Waals surface area contributed by atoms with Crippen LogP contribution in [0, 0.1) is 0 Å². The summed E-state index contributed by atoms with van der Waals surface area (Å²) in [7, 11) is 2.11. The van der Waals surface area contributed by atoms with Crippen molar-refractivity contribution in [3.8, 4) is 10.4 Å². The summed E-state index contributed by atoms with van der Waals surface area (Å²) in [4.78, 5) is 16.7. The molecule has 2 aliphatic rings. The number of fused-ring (bicyclic) bond motifs is 1. The van der Waals surface area contributed by atoms with E-state index in [1.807, 2.05) is 6.20 Å². The largest absolute Gasteiger partial charge is 0.350 e. The number of amides is 1. The summed E-state index contributed by atoms with van der Waals surface area (Å²) in [5, 5.41) is 10.1. The van der Waals surface area contributed by atoms with E-state index < -0.39 is 0 Å². The molecule has 0 bridgehead atoms. The number of aromatic amines is 1. The highest BCUT2D eigenvalue weighted by atomic mass is 32.1. The third-order valence-corrected chi connectivity index (χ3v) is 5.90. The Morgan fingerprint density at radius 3 is 2.86 bits per heavy atom. The minimum absolute atomic E-state index is 0.0738.